The molecule has 5 rings (SSSR count). The van der Waals surface area contributed by atoms with Crippen molar-refractivity contribution in [3.8, 4) is 5.69 Å². The Balaban J connectivity index is 1.44. The largest absolute Gasteiger partial charge is 0.465 e. The summed E-state index contributed by atoms with van der Waals surface area (Å²) < 4.78 is 13.4. The molecule has 188 valence electrons. The van der Waals surface area contributed by atoms with Crippen molar-refractivity contribution in [1.82, 2.24) is 9.55 Å². The molecule has 0 bridgehead atoms. The Labute approximate surface area is 214 Å². The molecule has 0 atom stereocenters. The van der Waals surface area contributed by atoms with Crippen molar-refractivity contribution in [1.29, 1.82) is 0 Å². The second kappa shape index (κ2) is 10.9. The lowest BCUT2D eigenvalue weighted by atomic mass is 9.83. The number of aromatic nitrogens is 2. The van der Waals surface area contributed by atoms with Gasteiger partial charge in [0.05, 0.1) is 33.6 Å². The maximum Gasteiger partial charge on any atom is 0.340 e. The molecule has 0 aliphatic heterocycles. The predicted molar refractivity (Wildman–Crippen MR) is 144 cm³/mol. The van der Waals surface area contributed by atoms with Crippen LogP contribution in [0.15, 0.2) is 53.5 Å². The first-order chi connectivity index (χ1) is 17.6. The van der Waals surface area contributed by atoms with E-state index >= 15 is 0 Å². The van der Waals surface area contributed by atoms with Gasteiger partial charge in [-0.05, 0) is 67.7 Å². The van der Waals surface area contributed by atoms with Crippen LogP contribution in [0.25, 0.3) is 26.7 Å². The van der Waals surface area contributed by atoms with Crippen LogP contribution in [-0.2, 0) is 9.47 Å². The summed E-state index contributed by atoms with van der Waals surface area (Å²) in [6.07, 6.45) is 8.52. The van der Waals surface area contributed by atoms with Gasteiger partial charge in [-0.25, -0.2) is 9.78 Å². The Morgan fingerprint density at radius 1 is 1.14 bits per heavy atom. The molecular weight excluding hydrogens is 472 g/mol. The van der Waals surface area contributed by atoms with Crippen molar-refractivity contribution < 1.29 is 14.3 Å². The van der Waals surface area contributed by atoms with Gasteiger partial charge < -0.3 is 9.47 Å². The average molecular weight is 505 g/mol. The van der Waals surface area contributed by atoms with E-state index in [2.05, 4.69) is 6.92 Å². The number of nitrogens with zero attached hydrogens (tertiary/aromatic N) is 2. The second-order valence-electron chi connectivity index (χ2n) is 9.61. The van der Waals surface area contributed by atoms with E-state index in [1.165, 1.54) is 18.1 Å². The van der Waals surface area contributed by atoms with Crippen molar-refractivity contribution in [2.24, 2.45) is 5.92 Å². The predicted octanol–water partition coefficient (Wildman–Crippen LogP) is 6.48. The van der Waals surface area contributed by atoms with Gasteiger partial charge in [-0.3, -0.25) is 9.36 Å². The van der Waals surface area contributed by atoms with Crippen molar-refractivity contribution in [2.45, 2.75) is 51.4 Å². The first-order valence-electron chi connectivity index (χ1n) is 12.8. The van der Waals surface area contributed by atoms with Gasteiger partial charge in [0.1, 0.15) is 0 Å². The highest BCUT2D eigenvalue weighted by Gasteiger charge is 2.26. The Hall–Kier alpha value is -3.03. The first kappa shape index (κ1) is 24.7. The van der Waals surface area contributed by atoms with Crippen LogP contribution in [0, 0.1) is 5.92 Å². The molecule has 4 aromatic rings. The van der Waals surface area contributed by atoms with E-state index in [0.717, 1.165) is 65.9 Å². The minimum Gasteiger partial charge on any atom is -0.465 e. The number of hydrogen-bond donors (Lipinski definition) is 0. The molecule has 6 nitrogen and oxygen atoms in total. The third-order valence-corrected chi connectivity index (χ3v) is 8.37. The monoisotopic (exact) mass is 504 g/mol. The lowest BCUT2D eigenvalue weighted by Crippen LogP contribution is -2.20. The van der Waals surface area contributed by atoms with E-state index in [1.54, 1.807) is 29.7 Å². The third-order valence-electron chi connectivity index (χ3n) is 7.19. The van der Waals surface area contributed by atoms with Gasteiger partial charge in [-0.2, -0.15) is 0 Å². The summed E-state index contributed by atoms with van der Waals surface area (Å²) in [7, 11) is 1.36. The molecule has 0 saturated heterocycles. The summed E-state index contributed by atoms with van der Waals surface area (Å²) in [6.45, 7) is 3.90. The van der Waals surface area contributed by atoms with E-state index in [4.69, 9.17) is 14.5 Å². The van der Waals surface area contributed by atoms with Gasteiger partial charge >= 0.3 is 5.97 Å². The Bertz CT molecular complexity index is 1430. The van der Waals surface area contributed by atoms with Gasteiger partial charge in [0, 0.05) is 30.7 Å². The molecule has 0 N–H and O–H groups in total. The van der Waals surface area contributed by atoms with Crippen LogP contribution in [-0.4, -0.2) is 35.8 Å². The summed E-state index contributed by atoms with van der Waals surface area (Å²) in [5.74, 6) is 0.567. The minimum absolute atomic E-state index is 0.165. The van der Waals surface area contributed by atoms with Crippen LogP contribution in [0.2, 0.25) is 0 Å². The topological polar surface area (TPSA) is 70.4 Å². The fraction of sp³-hybridized carbons (Fsp3) is 0.414. The Kier molecular flexibility index (Phi) is 7.48. The number of ether oxygens (including phenoxy) is 2. The van der Waals surface area contributed by atoms with Gasteiger partial charge in [-0.15, -0.1) is 11.3 Å². The van der Waals surface area contributed by atoms with Crippen LogP contribution in [0.3, 0.4) is 0 Å². The van der Waals surface area contributed by atoms with E-state index in [-0.39, 0.29) is 5.56 Å². The smallest absolute Gasteiger partial charge is 0.340 e. The Morgan fingerprint density at radius 3 is 2.72 bits per heavy atom. The number of hydrogen-bond acceptors (Lipinski definition) is 6. The third kappa shape index (κ3) is 4.95. The van der Waals surface area contributed by atoms with Gasteiger partial charge in [0.2, 0.25) is 0 Å². The molecular formula is C29H32N2O4S. The summed E-state index contributed by atoms with van der Waals surface area (Å²) in [6, 6.07) is 13.0. The van der Waals surface area contributed by atoms with Crippen molar-refractivity contribution in [3.63, 3.8) is 0 Å². The molecule has 0 spiro atoms. The molecule has 0 unspecified atom stereocenters. The number of carbonyl (C=O) groups is 1. The molecule has 36 heavy (non-hydrogen) atoms. The maximum atomic E-state index is 13.3. The number of esters is 1. The number of unbranched alkanes of at least 4 members (excludes halogenated alkanes) is 1. The zero-order valence-electron chi connectivity index (χ0n) is 20.9. The highest BCUT2D eigenvalue weighted by atomic mass is 32.1. The molecule has 0 radical (unpaired) electrons. The second-order valence-corrected chi connectivity index (χ2v) is 10.7. The van der Waals surface area contributed by atoms with Gasteiger partial charge in [0.15, 0.2) is 0 Å². The number of benzene rings is 2. The SMILES string of the molecule is CCCCOCC1CCC(c2nc3cc(C(=O)OC)c(-n4ccc5ccccc5c4=O)cc3s2)CC1. The first-order valence-corrected chi connectivity index (χ1v) is 13.6. The zero-order valence-corrected chi connectivity index (χ0v) is 21.7. The quantitative estimate of drug-likeness (QED) is 0.203. The van der Waals surface area contributed by atoms with Crippen LogP contribution >= 0.6 is 11.3 Å². The van der Waals surface area contributed by atoms with E-state index in [9.17, 15) is 9.59 Å². The summed E-state index contributed by atoms with van der Waals surface area (Å²) in [5.41, 5.74) is 1.47. The molecule has 2 heterocycles. The van der Waals surface area contributed by atoms with E-state index in [0.29, 0.717) is 28.5 Å². The van der Waals surface area contributed by atoms with E-state index < -0.39 is 5.97 Å². The molecule has 7 heteroatoms. The van der Waals surface area contributed by atoms with Crippen LogP contribution in [0.1, 0.15) is 66.7 Å². The molecule has 1 fully saturated rings. The van der Waals surface area contributed by atoms with Gasteiger partial charge in [-0.1, -0.05) is 31.5 Å². The summed E-state index contributed by atoms with van der Waals surface area (Å²) in [5, 5.41) is 2.58. The average Bonchev–Trinajstić information content (AvgIpc) is 3.34. The number of rotatable bonds is 8. The van der Waals surface area contributed by atoms with Crippen molar-refractivity contribution >= 4 is 38.3 Å². The molecule has 1 saturated carbocycles. The molecule has 0 amide bonds. The Morgan fingerprint density at radius 2 is 1.94 bits per heavy atom. The normalized spacial score (nSPS) is 18.1. The fourth-order valence-electron chi connectivity index (χ4n) is 5.08. The van der Waals surface area contributed by atoms with Crippen LogP contribution < -0.4 is 5.56 Å². The van der Waals surface area contributed by atoms with Crippen LogP contribution in [0.5, 0.6) is 0 Å². The lowest BCUT2D eigenvalue weighted by Gasteiger charge is -2.27. The molecule has 1 aliphatic rings. The number of pyridine rings is 1. The molecule has 2 aromatic heterocycles. The number of thiazole rings is 1. The number of carbonyl (C=O) groups excluding carboxylic acids is 1. The maximum absolute atomic E-state index is 13.3. The number of methoxy groups -OCH3 is 1. The van der Waals surface area contributed by atoms with E-state index in [1.807, 2.05) is 30.3 Å². The highest BCUT2D eigenvalue weighted by molar-refractivity contribution is 7.18. The molecule has 1 aliphatic carbocycles. The summed E-state index contributed by atoms with van der Waals surface area (Å²) in [4.78, 5) is 31.0. The van der Waals surface area contributed by atoms with Crippen molar-refractivity contribution in [2.75, 3.05) is 20.3 Å². The minimum atomic E-state index is -0.481. The van der Waals surface area contributed by atoms with Crippen LogP contribution in [0.4, 0.5) is 0 Å². The highest BCUT2D eigenvalue weighted by Crippen LogP contribution is 2.40. The fourth-order valence-corrected chi connectivity index (χ4v) is 6.23. The zero-order chi connectivity index (χ0) is 25.1. The van der Waals surface area contributed by atoms with Crippen molar-refractivity contribution in [3.05, 3.63) is 69.6 Å². The lowest BCUT2D eigenvalue weighted by molar-refractivity contribution is 0.0601. The van der Waals surface area contributed by atoms with Gasteiger partial charge in [0.25, 0.3) is 5.56 Å². The standard InChI is InChI=1S/C29H32N2O4S/c1-3-4-15-35-18-19-9-11-21(12-10-19)27-30-24-16-23(29(33)34-2)25(17-26(24)36-27)31-14-13-20-7-5-6-8-22(20)28(31)32/h5-8,13-14,16-17,19,21H,3-4,9-12,15,18H2,1-2H3. The number of fused-ring (bicyclic) bond motifs is 2. The molecule has 2 aromatic carbocycles. The summed E-state index contributed by atoms with van der Waals surface area (Å²) >= 11 is 1.67.